The van der Waals surface area contributed by atoms with E-state index in [2.05, 4.69) is 0 Å². The number of benzene rings is 1. The van der Waals surface area contributed by atoms with Gasteiger partial charge in [-0.1, -0.05) is 0 Å². The van der Waals surface area contributed by atoms with Gasteiger partial charge in [-0.25, -0.2) is 4.79 Å². The van der Waals surface area contributed by atoms with E-state index in [9.17, 15) is 35.9 Å². The Labute approximate surface area is 107 Å². The largest absolute Gasteiger partial charge is 0.478 e. The summed E-state index contributed by atoms with van der Waals surface area (Å²) in [6, 6.07) is 1.22. The molecule has 1 aromatic carbocycles. The maximum Gasteiger partial charge on any atom is 0.471 e. The van der Waals surface area contributed by atoms with Crippen molar-refractivity contribution in [2.45, 2.75) is 12.4 Å². The molecule has 0 fully saturated rings. The molecule has 0 radical (unpaired) electrons. The van der Waals surface area contributed by atoms with E-state index >= 15 is 0 Å². The van der Waals surface area contributed by atoms with Gasteiger partial charge < -0.3 is 10.4 Å². The van der Waals surface area contributed by atoms with Crippen LogP contribution in [0.15, 0.2) is 18.2 Å². The molecule has 0 spiro atoms. The Morgan fingerprint density at radius 3 is 2.00 bits per heavy atom. The summed E-state index contributed by atoms with van der Waals surface area (Å²) in [5.41, 5.74) is -3.64. The van der Waals surface area contributed by atoms with Crippen molar-refractivity contribution >= 4 is 17.6 Å². The minimum absolute atomic E-state index is 0.133. The number of alkyl halides is 6. The van der Waals surface area contributed by atoms with Crippen molar-refractivity contribution < 1.29 is 41.0 Å². The van der Waals surface area contributed by atoms with Crippen molar-refractivity contribution in [2.24, 2.45) is 0 Å². The Bertz CT molecular complexity index is 549. The van der Waals surface area contributed by atoms with Crippen LogP contribution < -0.4 is 5.32 Å². The Balaban J connectivity index is 3.27. The summed E-state index contributed by atoms with van der Waals surface area (Å²) >= 11 is 0. The second kappa shape index (κ2) is 5.02. The molecule has 1 rings (SSSR count). The summed E-state index contributed by atoms with van der Waals surface area (Å²) in [6.45, 7) is 0. The molecular weight excluding hydrogens is 296 g/mol. The molecule has 0 saturated carbocycles. The lowest BCUT2D eigenvalue weighted by Crippen LogP contribution is -2.31. The van der Waals surface area contributed by atoms with Gasteiger partial charge in [0.15, 0.2) is 0 Å². The summed E-state index contributed by atoms with van der Waals surface area (Å²) in [7, 11) is 0. The lowest BCUT2D eigenvalue weighted by molar-refractivity contribution is -0.167. The zero-order chi connectivity index (χ0) is 15.7. The molecule has 0 aliphatic carbocycles. The van der Waals surface area contributed by atoms with Crippen LogP contribution >= 0.6 is 0 Å². The molecule has 0 atom stereocenters. The van der Waals surface area contributed by atoms with Crippen LogP contribution in [0.25, 0.3) is 0 Å². The second-order valence-electron chi connectivity index (χ2n) is 3.52. The third kappa shape index (κ3) is 3.62. The van der Waals surface area contributed by atoms with Gasteiger partial charge in [0.1, 0.15) is 0 Å². The fraction of sp³-hybridized carbons (Fsp3) is 0.200. The van der Waals surface area contributed by atoms with Crippen LogP contribution in [0.2, 0.25) is 0 Å². The van der Waals surface area contributed by atoms with Gasteiger partial charge in [0, 0.05) is 0 Å². The van der Waals surface area contributed by atoms with Crippen LogP contribution in [0.3, 0.4) is 0 Å². The molecule has 1 amide bonds. The van der Waals surface area contributed by atoms with E-state index in [-0.39, 0.29) is 6.07 Å². The van der Waals surface area contributed by atoms with Crippen LogP contribution in [-0.2, 0) is 11.0 Å². The van der Waals surface area contributed by atoms with Crippen LogP contribution in [0.1, 0.15) is 15.9 Å². The number of aromatic carboxylic acids is 1. The lowest BCUT2D eigenvalue weighted by atomic mass is 10.1. The van der Waals surface area contributed by atoms with Crippen LogP contribution in [-0.4, -0.2) is 23.2 Å². The topological polar surface area (TPSA) is 66.4 Å². The average molecular weight is 301 g/mol. The summed E-state index contributed by atoms with van der Waals surface area (Å²) < 4.78 is 73.8. The highest BCUT2D eigenvalue weighted by molar-refractivity contribution is 5.96. The third-order valence-corrected chi connectivity index (χ3v) is 2.08. The maximum absolute atomic E-state index is 12.6. The number of carboxylic acid groups (broad SMARTS) is 1. The number of anilines is 1. The number of halogens is 6. The Kier molecular flexibility index (Phi) is 3.97. The molecule has 0 aliphatic heterocycles. The fourth-order valence-electron chi connectivity index (χ4n) is 1.21. The number of carboxylic acids is 1. The molecule has 0 bridgehead atoms. The molecule has 4 nitrogen and oxygen atoms in total. The van der Waals surface area contributed by atoms with Crippen LogP contribution in [0.4, 0.5) is 32.0 Å². The molecule has 0 aliphatic rings. The van der Waals surface area contributed by atoms with Gasteiger partial charge >= 0.3 is 24.2 Å². The minimum atomic E-state index is -5.37. The zero-order valence-corrected chi connectivity index (χ0v) is 9.26. The smallest absolute Gasteiger partial charge is 0.471 e. The van der Waals surface area contributed by atoms with Gasteiger partial charge in [0.25, 0.3) is 0 Å². The van der Waals surface area contributed by atoms with Crippen molar-refractivity contribution in [3.8, 4) is 0 Å². The van der Waals surface area contributed by atoms with Gasteiger partial charge in [-0.15, -0.1) is 0 Å². The predicted molar refractivity (Wildman–Crippen MR) is 53.1 cm³/mol. The minimum Gasteiger partial charge on any atom is -0.478 e. The number of hydrogen-bond acceptors (Lipinski definition) is 2. The lowest BCUT2D eigenvalue weighted by Gasteiger charge is -2.15. The highest BCUT2D eigenvalue weighted by atomic mass is 19.4. The normalized spacial score (nSPS) is 12.1. The predicted octanol–water partition coefficient (Wildman–Crippen LogP) is 2.90. The van der Waals surface area contributed by atoms with E-state index < -0.39 is 41.0 Å². The quantitative estimate of drug-likeness (QED) is 0.825. The number of rotatable bonds is 2. The van der Waals surface area contributed by atoms with Crippen molar-refractivity contribution in [3.05, 3.63) is 29.3 Å². The van der Waals surface area contributed by atoms with E-state index in [1.54, 1.807) is 0 Å². The molecule has 1 aromatic rings. The summed E-state index contributed by atoms with van der Waals surface area (Å²) in [6.07, 6.45) is -10.5. The number of carbonyl (C=O) groups excluding carboxylic acids is 1. The highest BCUT2D eigenvalue weighted by Crippen LogP contribution is 2.36. The van der Waals surface area contributed by atoms with E-state index in [1.807, 2.05) is 0 Å². The summed E-state index contributed by atoms with van der Waals surface area (Å²) in [4.78, 5) is 21.2. The summed E-state index contributed by atoms with van der Waals surface area (Å²) in [5.74, 6) is -4.28. The van der Waals surface area contributed by atoms with Crippen molar-refractivity contribution in [2.75, 3.05) is 5.32 Å². The third-order valence-electron chi connectivity index (χ3n) is 2.08. The first-order valence-corrected chi connectivity index (χ1v) is 4.75. The Morgan fingerprint density at radius 2 is 1.60 bits per heavy atom. The van der Waals surface area contributed by atoms with E-state index in [0.29, 0.717) is 12.1 Å². The molecule has 2 N–H and O–H groups in total. The molecular formula is C10H5F6NO3. The molecule has 0 heterocycles. The van der Waals surface area contributed by atoms with Gasteiger partial charge in [-0.2, -0.15) is 26.3 Å². The van der Waals surface area contributed by atoms with Crippen molar-refractivity contribution in [1.29, 1.82) is 0 Å². The SMILES string of the molecule is O=C(O)c1ccc(NC(=O)C(F)(F)F)c(C(F)(F)F)c1. The monoisotopic (exact) mass is 301 g/mol. The second-order valence-corrected chi connectivity index (χ2v) is 3.52. The number of hydrogen-bond donors (Lipinski definition) is 2. The van der Waals surface area contributed by atoms with Gasteiger partial charge in [-0.3, -0.25) is 4.79 Å². The number of amides is 1. The first-order valence-electron chi connectivity index (χ1n) is 4.75. The van der Waals surface area contributed by atoms with Crippen molar-refractivity contribution in [1.82, 2.24) is 0 Å². The standard InChI is InChI=1S/C10H5F6NO3/c11-9(12,13)5-3-4(7(18)19)1-2-6(5)17-8(20)10(14,15)16/h1-3H,(H,17,20)(H,18,19). The Hall–Kier alpha value is -2.26. The summed E-state index contributed by atoms with van der Waals surface area (Å²) in [5, 5.41) is 9.59. The first-order chi connectivity index (χ1) is 8.93. The number of nitrogens with one attached hydrogen (secondary N) is 1. The van der Waals surface area contributed by atoms with Gasteiger partial charge in [-0.05, 0) is 18.2 Å². The molecule has 20 heavy (non-hydrogen) atoms. The Morgan fingerprint density at radius 1 is 1.05 bits per heavy atom. The van der Waals surface area contributed by atoms with E-state index in [4.69, 9.17) is 5.11 Å². The molecule has 10 heteroatoms. The zero-order valence-electron chi connectivity index (χ0n) is 9.26. The molecule has 0 unspecified atom stereocenters. The van der Waals surface area contributed by atoms with E-state index in [1.165, 1.54) is 0 Å². The maximum atomic E-state index is 12.6. The number of carbonyl (C=O) groups is 2. The molecule has 0 saturated heterocycles. The molecule has 110 valence electrons. The molecule has 0 aromatic heterocycles. The van der Waals surface area contributed by atoms with E-state index in [0.717, 1.165) is 5.32 Å². The van der Waals surface area contributed by atoms with Crippen molar-refractivity contribution in [3.63, 3.8) is 0 Å². The highest BCUT2D eigenvalue weighted by Gasteiger charge is 2.41. The van der Waals surface area contributed by atoms with Crippen LogP contribution in [0.5, 0.6) is 0 Å². The van der Waals surface area contributed by atoms with Gasteiger partial charge in [0.05, 0.1) is 16.8 Å². The van der Waals surface area contributed by atoms with Gasteiger partial charge in [0.2, 0.25) is 0 Å². The average Bonchev–Trinajstić information content (AvgIpc) is 2.26. The van der Waals surface area contributed by atoms with Crippen LogP contribution in [0, 0.1) is 0 Å². The fourth-order valence-corrected chi connectivity index (χ4v) is 1.21. The first kappa shape index (κ1) is 15.8.